The number of likely N-dealkylation sites (tertiary alicyclic amines) is 1. The fourth-order valence-corrected chi connectivity index (χ4v) is 4.09. The number of furan rings is 1. The predicted octanol–water partition coefficient (Wildman–Crippen LogP) is 5.55. The molecule has 34 heavy (non-hydrogen) atoms. The molecule has 1 unspecified atom stereocenters. The van der Waals surface area contributed by atoms with E-state index in [-0.39, 0.29) is 17.9 Å². The normalized spacial score (nSPS) is 17.6. The molecule has 0 spiro atoms. The van der Waals surface area contributed by atoms with Crippen molar-refractivity contribution in [2.75, 3.05) is 6.61 Å². The van der Waals surface area contributed by atoms with Gasteiger partial charge in [0.05, 0.1) is 18.4 Å². The molecule has 1 fully saturated rings. The number of ketones is 1. The number of ether oxygens (including phenoxy) is 1. The quantitative estimate of drug-likeness (QED) is 0.285. The fourth-order valence-electron chi connectivity index (χ4n) is 4.09. The summed E-state index contributed by atoms with van der Waals surface area (Å²) >= 11 is 0. The Morgan fingerprint density at radius 2 is 1.88 bits per heavy atom. The van der Waals surface area contributed by atoms with Gasteiger partial charge in [0.25, 0.3) is 11.7 Å². The van der Waals surface area contributed by atoms with Gasteiger partial charge in [0.2, 0.25) is 0 Å². The van der Waals surface area contributed by atoms with Gasteiger partial charge in [0.1, 0.15) is 23.3 Å². The second-order valence-electron chi connectivity index (χ2n) is 9.11. The third-order valence-electron chi connectivity index (χ3n) is 5.89. The van der Waals surface area contributed by atoms with Crippen molar-refractivity contribution in [3.8, 4) is 5.75 Å². The van der Waals surface area contributed by atoms with E-state index in [1.54, 1.807) is 36.4 Å². The number of amides is 1. The number of aliphatic hydroxyl groups excluding tert-OH is 1. The number of aryl methyl sites for hydroxylation is 2. The maximum atomic E-state index is 13.2. The van der Waals surface area contributed by atoms with Crippen molar-refractivity contribution in [3.05, 3.63) is 94.4 Å². The highest BCUT2D eigenvalue weighted by Crippen LogP contribution is 2.41. The van der Waals surface area contributed by atoms with Gasteiger partial charge >= 0.3 is 0 Å². The van der Waals surface area contributed by atoms with Crippen LogP contribution in [0.25, 0.3) is 5.76 Å². The third kappa shape index (κ3) is 4.62. The van der Waals surface area contributed by atoms with Gasteiger partial charge in [-0.2, -0.15) is 0 Å². The molecule has 6 heteroatoms. The first-order chi connectivity index (χ1) is 16.3. The number of nitrogens with zero attached hydrogens (tertiary/aromatic N) is 1. The van der Waals surface area contributed by atoms with E-state index in [0.29, 0.717) is 29.6 Å². The van der Waals surface area contributed by atoms with E-state index in [0.717, 1.165) is 16.7 Å². The van der Waals surface area contributed by atoms with E-state index in [1.165, 1.54) is 11.2 Å². The zero-order chi connectivity index (χ0) is 24.4. The lowest BCUT2D eigenvalue weighted by atomic mass is 9.98. The topological polar surface area (TPSA) is 80.0 Å². The van der Waals surface area contributed by atoms with Gasteiger partial charge < -0.3 is 19.2 Å². The lowest BCUT2D eigenvalue weighted by molar-refractivity contribution is -0.140. The van der Waals surface area contributed by atoms with Gasteiger partial charge in [-0.3, -0.25) is 9.59 Å². The largest absolute Gasteiger partial charge is 0.507 e. The van der Waals surface area contributed by atoms with Crippen LogP contribution in [-0.4, -0.2) is 28.3 Å². The van der Waals surface area contributed by atoms with Gasteiger partial charge in [-0.05, 0) is 55.2 Å². The summed E-state index contributed by atoms with van der Waals surface area (Å²) in [7, 11) is 0. The Hall–Kier alpha value is -3.80. The molecule has 0 bridgehead atoms. The molecule has 1 aliphatic rings. The molecule has 0 saturated carbocycles. The number of aliphatic hydroxyl groups is 1. The molecule has 1 aromatic heterocycles. The van der Waals surface area contributed by atoms with Crippen molar-refractivity contribution < 1.29 is 23.8 Å². The maximum absolute atomic E-state index is 13.2. The highest BCUT2D eigenvalue weighted by atomic mass is 16.5. The Labute approximate surface area is 199 Å². The molecular formula is C28H29NO5. The van der Waals surface area contributed by atoms with Crippen molar-refractivity contribution in [1.29, 1.82) is 0 Å². The third-order valence-corrected chi connectivity index (χ3v) is 5.89. The van der Waals surface area contributed by atoms with Crippen LogP contribution in [0.5, 0.6) is 5.75 Å². The van der Waals surface area contributed by atoms with E-state index in [9.17, 15) is 14.7 Å². The summed E-state index contributed by atoms with van der Waals surface area (Å²) in [6.45, 7) is 8.79. The summed E-state index contributed by atoms with van der Waals surface area (Å²) in [5.41, 5.74) is 3.42. The van der Waals surface area contributed by atoms with Gasteiger partial charge in [0.15, 0.2) is 0 Å². The van der Waals surface area contributed by atoms with Gasteiger partial charge in [-0.25, -0.2) is 0 Å². The zero-order valence-electron chi connectivity index (χ0n) is 19.9. The van der Waals surface area contributed by atoms with Crippen molar-refractivity contribution in [1.82, 2.24) is 4.90 Å². The Bertz CT molecular complexity index is 1240. The first-order valence-corrected chi connectivity index (χ1v) is 11.4. The highest BCUT2D eigenvalue weighted by Gasteiger charge is 2.47. The number of hydrogen-bond acceptors (Lipinski definition) is 5. The first-order valence-electron chi connectivity index (χ1n) is 11.4. The molecule has 4 rings (SSSR count). The summed E-state index contributed by atoms with van der Waals surface area (Å²) in [4.78, 5) is 27.8. The smallest absolute Gasteiger partial charge is 0.296 e. The molecule has 1 aliphatic heterocycles. The molecule has 0 aliphatic carbocycles. The minimum absolute atomic E-state index is 0.00580. The predicted molar refractivity (Wildman–Crippen MR) is 129 cm³/mol. The van der Waals surface area contributed by atoms with Gasteiger partial charge in [0, 0.05) is 12.1 Å². The number of hydrogen-bond donors (Lipinski definition) is 1. The van der Waals surface area contributed by atoms with Crippen LogP contribution < -0.4 is 4.74 Å². The second kappa shape index (κ2) is 9.59. The van der Waals surface area contributed by atoms with E-state index in [4.69, 9.17) is 9.15 Å². The maximum Gasteiger partial charge on any atom is 0.296 e. The van der Waals surface area contributed by atoms with Crippen LogP contribution in [0.15, 0.2) is 70.9 Å². The Balaban J connectivity index is 1.78. The van der Waals surface area contributed by atoms with Crippen LogP contribution in [0.2, 0.25) is 0 Å². The average molecular weight is 460 g/mol. The fraction of sp³-hybridized carbons (Fsp3) is 0.286. The van der Waals surface area contributed by atoms with E-state index >= 15 is 0 Å². The van der Waals surface area contributed by atoms with Crippen LogP contribution in [0, 0.1) is 19.8 Å². The Kier molecular flexibility index (Phi) is 6.59. The molecule has 176 valence electrons. The lowest BCUT2D eigenvalue weighted by Gasteiger charge is -2.24. The van der Waals surface area contributed by atoms with Crippen LogP contribution in [0.4, 0.5) is 0 Å². The van der Waals surface area contributed by atoms with E-state index in [2.05, 4.69) is 0 Å². The number of carbonyl (C=O) groups is 2. The summed E-state index contributed by atoms with van der Waals surface area (Å²) in [5, 5.41) is 11.2. The van der Waals surface area contributed by atoms with Crippen molar-refractivity contribution in [2.24, 2.45) is 5.92 Å². The minimum atomic E-state index is -0.838. The number of Topliss-reactive ketones (excluding diaryl/α,β-unsaturated/α-hetero) is 1. The van der Waals surface area contributed by atoms with Crippen molar-refractivity contribution >= 4 is 17.4 Å². The highest BCUT2D eigenvalue weighted by molar-refractivity contribution is 6.46. The van der Waals surface area contributed by atoms with Gasteiger partial charge in [-0.1, -0.05) is 49.7 Å². The van der Waals surface area contributed by atoms with Crippen LogP contribution >= 0.6 is 0 Å². The summed E-state index contributed by atoms with van der Waals surface area (Å²) in [6.07, 6.45) is 1.49. The van der Waals surface area contributed by atoms with Crippen LogP contribution in [-0.2, 0) is 16.1 Å². The minimum Gasteiger partial charge on any atom is -0.507 e. The number of benzene rings is 2. The molecule has 2 heterocycles. The van der Waals surface area contributed by atoms with Crippen molar-refractivity contribution in [3.63, 3.8) is 0 Å². The molecule has 3 aromatic rings. The SMILES string of the molecule is Cc1ccc(C)c(CN2C(=O)C(=O)/C(=C(\O)c3cccc(OCC(C)C)c3)C2c2ccco2)c1. The molecule has 1 amide bonds. The lowest BCUT2D eigenvalue weighted by Crippen LogP contribution is -2.29. The molecule has 6 nitrogen and oxygen atoms in total. The molecule has 2 aromatic carbocycles. The average Bonchev–Trinajstić information content (AvgIpc) is 3.42. The zero-order valence-corrected chi connectivity index (χ0v) is 19.9. The van der Waals surface area contributed by atoms with E-state index in [1.807, 2.05) is 45.9 Å². The number of carbonyl (C=O) groups excluding carboxylic acids is 2. The summed E-state index contributed by atoms with van der Waals surface area (Å²) in [5.74, 6) is -0.325. The second-order valence-corrected chi connectivity index (χ2v) is 9.11. The van der Waals surface area contributed by atoms with Gasteiger partial charge in [-0.15, -0.1) is 0 Å². The van der Waals surface area contributed by atoms with Crippen LogP contribution in [0.3, 0.4) is 0 Å². The molecular weight excluding hydrogens is 430 g/mol. The molecule has 1 N–H and O–H groups in total. The monoisotopic (exact) mass is 459 g/mol. The number of rotatable bonds is 7. The van der Waals surface area contributed by atoms with Crippen molar-refractivity contribution in [2.45, 2.75) is 40.3 Å². The Morgan fingerprint density at radius 3 is 2.59 bits per heavy atom. The standard InChI is InChI=1S/C28H29NO5/c1-17(2)16-34-22-8-5-7-20(14-22)26(30)24-25(23-9-6-12-33-23)29(28(32)27(24)31)15-21-13-18(3)10-11-19(21)4/h5-14,17,25,30H,15-16H2,1-4H3/b26-24-. The molecule has 1 saturated heterocycles. The molecule has 0 radical (unpaired) electrons. The molecule has 1 atom stereocenters. The Morgan fingerprint density at radius 1 is 1.09 bits per heavy atom. The van der Waals surface area contributed by atoms with E-state index < -0.39 is 17.7 Å². The summed E-state index contributed by atoms with van der Waals surface area (Å²) in [6, 6.07) is 15.5. The first kappa shape index (κ1) is 23.4. The van der Waals surface area contributed by atoms with Crippen LogP contribution in [0.1, 0.15) is 47.9 Å². The summed E-state index contributed by atoms with van der Waals surface area (Å²) < 4.78 is 11.4.